The zero-order valence-electron chi connectivity index (χ0n) is 11.9. The topological polar surface area (TPSA) is 84.7 Å². The van der Waals surface area contributed by atoms with Crippen LogP contribution in [-0.2, 0) is 10.2 Å². The predicted molar refractivity (Wildman–Crippen MR) is 83.9 cm³/mol. The second-order valence-electron chi connectivity index (χ2n) is 5.03. The van der Waals surface area contributed by atoms with Crippen LogP contribution in [0.5, 0.6) is 5.75 Å². The maximum Gasteiger partial charge on any atom is 0.301 e. The summed E-state index contributed by atoms with van der Waals surface area (Å²) in [6, 6.07) is 4.78. The Kier molecular flexibility index (Phi) is 5.32. The third-order valence-corrected chi connectivity index (χ3v) is 5.48. The molecule has 6 nitrogen and oxygen atoms in total. The molecule has 21 heavy (non-hydrogen) atoms. The van der Waals surface area contributed by atoms with Crippen molar-refractivity contribution in [1.82, 2.24) is 4.31 Å². The summed E-state index contributed by atoms with van der Waals surface area (Å²) in [5, 5.41) is 0.361. The first-order chi connectivity index (χ1) is 9.96. The number of nitrogens with one attached hydrogen (secondary N) is 1. The molecular weight excluding hydrogens is 314 g/mol. The SMILES string of the molecule is COc1ccc(NS(=O)(=O)N2CCC(CN)CC2)cc1Cl. The Balaban J connectivity index is 2.06. The van der Waals surface area contributed by atoms with Crippen molar-refractivity contribution in [3.8, 4) is 5.75 Å². The van der Waals surface area contributed by atoms with E-state index in [1.54, 1.807) is 12.1 Å². The number of nitrogens with two attached hydrogens (primary N) is 1. The lowest BCUT2D eigenvalue weighted by atomic mass is 9.99. The largest absolute Gasteiger partial charge is 0.495 e. The van der Waals surface area contributed by atoms with Crippen LogP contribution in [0.2, 0.25) is 5.02 Å². The van der Waals surface area contributed by atoms with Crippen LogP contribution in [0, 0.1) is 5.92 Å². The van der Waals surface area contributed by atoms with Crippen molar-refractivity contribution in [2.75, 3.05) is 31.5 Å². The maximum absolute atomic E-state index is 12.3. The van der Waals surface area contributed by atoms with E-state index in [1.165, 1.54) is 17.5 Å². The number of ether oxygens (including phenoxy) is 1. The Morgan fingerprint density at radius 2 is 2.10 bits per heavy atom. The van der Waals surface area contributed by atoms with Crippen LogP contribution in [0.1, 0.15) is 12.8 Å². The first-order valence-electron chi connectivity index (χ1n) is 6.77. The molecule has 0 radical (unpaired) electrons. The van der Waals surface area contributed by atoms with Gasteiger partial charge in [-0.25, -0.2) is 0 Å². The smallest absolute Gasteiger partial charge is 0.301 e. The van der Waals surface area contributed by atoms with Crippen LogP contribution in [0.15, 0.2) is 18.2 Å². The molecule has 0 atom stereocenters. The minimum Gasteiger partial charge on any atom is -0.495 e. The van der Waals surface area contributed by atoms with Crippen molar-refractivity contribution in [2.45, 2.75) is 12.8 Å². The average Bonchev–Trinajstić information content (AvgIpc) is 2.47. The van der Waals surface area contributed by atoms with E-state index >= 15 is 0 Å². The second-order valence-corrected chi connectivity index (χ2v) is 7.11. The standard InChI is InChI=1S/C13H20ClN3O3S/c1-20-13-3-2-11(8-12(13)14)16-21(18,19)17-6-4-10(9-15)5-7-17/h2-3,8,10,16H,4-7,9,15H2,1H3. The van der Waals surface area contributed by atoms with Crippen molar-refractivity contribution in [3.05, 3.63) is 23.2 Å². The van der Waals surface area contributed by atoms with Crippen LogP contribution in [0.25, 0.3) is 0 Å². The summed E-state index contributed by atoms with van der Waals surface area (Å²) in [5.41, 5.74) is 6.03. The molecule has 1 aromatic carbocycles. The molecule has 0 aromatic heterocycles. The average molecular weight is 334 g/mol. The lowest BCUT2D eigenvalue weighted by Gasteiger charge is -2.30. The van der Waals surface area contributed by atoms with Gasteiger partial charge in [-0.3, -0.25) is 4.72 Å². The third-order valence-electron chi connectivity index (χ3n) is 3.65. The van der Waals surface area contributed by atoms with Crippen LogP contribution >= 0.6 is 11.6 Å². The molecule has 3 N–H and O–H groups in total. The van der Waals surface area contributed by atoms with Gasteiger partial charge in [0.25, 0.3) is 0 Å². The predicted octanol–water partition coefficient (Wildman–Crippen LogP) is 1.68. The summed E-state index contributed by atoms with van der Waals surface area (Å²) in [5.74, 6) is 0.912. The molecule has 0 bridgehead atoms. The van der Waals surface area contributed by atoms with Crippen LogP contribution in [-0.4, -0.2) is 39.5 Å². The van der Waals surface area contributed by atoms with Gasteiger partial charge in [-0.05, 0) is 43.5 Å². The van der Waals surface area contributed by atoms with Crippen molar-refractivity contribution in [1.29, 1.82) is 0 Å². The zero-order valence-corrected chi connectivity index (χ0v) is 13.5. The van der Waals surface area contributed by atoms with E-state index in [1.807, 2.05) is 0 Å². The number of hydrogen-bond acceptors (Lipinski definition) is 4. The van der Waals surface area contributed by atoms with Crippen molar-refractivity contribution in [3.63, 3.8) is 0 Å². The number of halogens is 1. The van der Waals surface area contributed by atoms with Gasteiger partial charge in [0.15, 0.2) is 0 Å². The number of nitrogens with zero attached hydrogens (tertiary/aromatic N) is 1. The van der Waals surface area contributed by atoms with Crippen LogP contribution in [0.3, 0.4) is 0 Å². The Labute approximate surface area is 130 Å². The van der Waals surface area contributed by atoms with Gasteiger partial charge < -0.3 is 10.5 Å². The first-order valence-corrected chi connectivity index (χ1v) is 8.59. The van der Waals surface area contributed by atoms with Gasteiger partial charge in [0.2, 0.25) is 0 Å². The summed E-state index contributed by atoms with van der Waals surface area (Å²) < 4.78 is 33.7. The number of hydrogen-bond donors (Lipinski definition) is 2. The van der Waals surface area contributed by atoms with Gasteiger partial charge >= 0.3 is 10.2 Å². The van der Waals surface area contributed by atoms with E-state index in [-0.39, 0.29) is 0 Å². The maximum atomic E-state index is 12.3. The summed E-state index contributed by atoms with van der Waals surface area (Å²) >= 11 is 5.99. The van der Waals surface area contributed by atoms with E-state index in [9.17, 15) is 8.42 Å². The molecule has 1 aliphatic heterocycles. The molecule has 0 aliphatic carbocycles. The molecule has 0 saturated carbocycles. The molecule has 2 rings (SSSR count). The minimum absolute atomic E-state index is 0.361. The molecular formula is C13H20ClN3O3S. The lowest BCUT2D eigenvalue weighted by Crippen LogP contribution is -2.42. The number of piperidine rings is 1. The zero-order chi connectivity index (χ0) is 15.5. The van der Waals surface area contributed by atoms with E-state index in [4.69, 9.17) is 22.1 Å². The fraction of sp³-hybridized carbons (Fsp3) is 0.538. The fourth-order valence-electron chi connectivity index (χ4n) is 2.33. The summed E-state index contributed by atoms with van der Waals surface area (Å²) in [6.45, 7) is 1.58. The Morgan fingerprint density at radius 1 is 1.43 bits per heavy atom. The second kappa shape index (κ2) is 6.83. The van der Waals surface area contributed by atoms with Crippen LogP contribution in [0.4, 0.5) is 5.69 Å². The number of methoxy groups -OCH3 is 1. The van der Waals surface area contributed by atoms with Crippen molar-refractivity contribution < 1.29 is 13.2 Å². The van der Waals surface area contributed by atoms with Gasteiger partial charge in [-0.15, -0.1) is 0 Å². The third kappa shape index (κ3) is 4.00. The Hall–Kier alpha value is -1.02. The quantitative estimate of drug-likeness (QED) is 0.858. The van der Waals surface area contributed by atoms with Gasteiger partial charge in [0.1, 0.15) is 5.75 Å². The summed E-state index contributed by atoms with van der Waals surface area (Å²) in [4.78, 5) is 0. The molecule has 118 valence electrons. The van der Waals surface area contributed by atoms with E-state index in [0.717, 1.165) is 12.8 Å². The number of rotatable bonds is 5. The molecule has 0 spiro atoms. The summed E-state index contributed by atoms with van der Waals surface area (Å²) in [7, 11) is -2.05. The summed E-state index contributed by atoms with van der Waals surface area (Å²) in [6.07, 6.45) is 1.58. The lowest BCUT2D eigenvalue weighted by molar-refractivity contribution is 0.280. The highest BCUT2D eigenvalue weighted by Gasteiger charge is 2.27. The molecule has 8 heteroatoms. The minimum atomic E-state index is -3.56. The molecule has 1 aliphatic rings. The first kappa shape index (κ1) is 16.4. The highest BCUT2D eigenvalue weighted by atomic mass is 35.5. The molecule has 1 heterocycles. The number of benzene rings is 1. The van der Waals surface area contributed by atoms with Gasteiger partial charge in [-0.1, -0.05) is 11.6 Å². The van der Waals surface area contributed by atoms with Crippen LogP contribution < -0.4 is 15.2 Å². The highest BCUT2D eigenvalue weighted by molar-refractivity contribution is 7.90. The van der Waals surface area contributed by atoms with Gasteiger partial charge in [0, 0.05) is 13.1 Å². The molecule has 1 fully saturated rings. The Bertz CT molecular complexity index is 586. The van der Waals surface area contributed by atoms with E-state index in [0.29, 0.717) is 42.0 Å². The molecule has 0 amide bonds. The van der Waals surface area contributed by atoms with Crippen molar-refractivity contribution >= 4 is 27.5 Å². The van der Waals surface area contributed by atoms with Gasteiger partial charge in [-0.2, -0.15) is 12.7 Å². The molecule has 1 saturated heterocycles. The van der Waals surface area contributed by atoms with E-state index in [2.05, 4.69) is 4.72 Å². The number of anilines is 1. The molecule has 1 aromatic rings. The molecule has 0 unspecified atom stereocenters. The monoisotopic (exact) mass is 333 g/mol. The fourth-order valence-corrected chi connectivity index (χ4v) is 3.83. The van der Waals surface area contributed by atoms with E-state index < -0.39 is 10.2 Å². The Morgan fingerprint density at radius 3 is 2.62 bits per heavy atom. The highest BCUT2D eigenvalue weighted by Crippen LogP contribution is 2.28. The van der Waals surface area contributed by atoms with Crippen molar-refractivity contribution in [2.24, 2.45) is 11.7 Å². The normalized spacial score (nSPS) is 17.7. The van der Waals surface area contributed by atoms with Gasteiger partial charge in [0.05, 0.1) is 17.8 Å².